The first kappa shape index (κ1) is 8.58. The van der Waals surface area contributed by atoms with Gasteiger partial charge < -0.3 is 0 Å². The third-order valence-corrected chi connectivity index (χ3v) is 1.45. The van der Waals surface area contributed by atoms with E-state index < -0.39 is 22.2 Å². The van der Waals surface area contributed by atoms with Crippen LogP contribution in [0.5, 0.6) is 0 Å². The highest BCUT2D eigenvalue weighted by Gasteiger charge is 2.20. The van der Waals surface area contributed by atoms with Crippen molar-refractivity contribution in [3.05, 3.63) is 39.4 Å². The lowest BCUT2D eigenvalue weighted by Crippen LogP contribution is -1.97. The highest BCUT2D eigenvalue weighted by Crippen LogP contribution is 2.23. The van der Waals surface area contributed by atoms with Crippen molar-refractivity contribution in [2.75, 3.05) is 0 Å². The Kier molecular flexibility index (Phi) is 2.03. The second-order valence-corrected chi connectivity index (χ2v) is 2.28. The smallest absolute Gasteiger partial charge is 0.258 e. The summed E-state index contributed by atoms with van der Waals surface area (Å²) in [6.45, 7) is 1.35. The fourth-order valence-electron chi connectivity index (χ4n) is 0.861. The van der Waals surface area contributed by atoms with E-state index in [1.54, 1.807) is 0 Å². The summed E-state index contributed by atoms with van der Waals surface area (Å²) in [5.74, 6) is -2.60. The number of nitro benzene ring substituents is 1. The van der Waals surface area contributed by atoms with Crippen LogP contribution in [0.15, 0.2) is 12.1 Å². The quantitative estimate of drug-likeness (QED) is 0.482. The summed E-state index contributed by atoms with van der Waals surface area (Å²) in [7, 11) is 0. The van der Waals surface area contributed by atoms with E-state index in [2.05, 4.69) is 0 Å². The average molecular weight is 173 g/mol. The number of aryl methyl sites for hydroxylation is 1. The van der Waals surface area contributed by atoms with Crippen molar-refractivity contribution in [3.63, 3.8) is 0 Å². The van der Waals surface area contributed by atoms with Crippen molar-refractivity contribution in [2.45, 2.75) is 6.92 Å². The van der Waals surface area contributed by atoms with Gasteiger partial charge in [0.2, 0.25) is 5.82 Å². The SMILES string of the molecule is Cc1ccc(F)c(F)c1[N+](=O)[O-]. The first-order chi connectivity index (χ1) is 5.54. The third kappa shape index (κ3) is 1.25. The van der Waals surface area contributed by atoms with Crippen molar-refractivity contribution >= 4 is 5.69 Å². The molecule has 0 N–H and O–H groups in total. The average Bonchev–Trinajstić information content (AvgIpc) is 1.97. The van der Waals surface area contributed by atoms with Crippen LogP contribution in [0.25, 0.3) is 0 Å². The summed E-state index contributed by atoms with van der Waals surface area (Å²) in [5.41, 5.74) is -0.686. The summed E-state index contributed by atoms with van der Waals surface area (Å²) < 4.78 is 25.1. The Balaban J connectivity index is 3.43. The van der Waals surface area contributed by atoms with Gasteiger partial charge in [-0.05, 0) is 19.1 Å². The molecule has 12 heavy (non-hydrogen) atoms. The van der Waals surface area contributed by atoms with Gasteiger partial charge in [-0.15, -0.1) is 0 Å². The zero-order valence-electron chi connectivity index (χ0n) is 6.17. The molecular formula is C7H5F2NO2. The molecule has 0 heterocycles. The Labute approximate surface area is 66.8 Å². The van der Waals surface area contributed by atoms with Crippen molar-refractivity contribution in [1.29, 1.82) is 0 Å². The first-order valence-corrected chi connectivity index (χ1v) is 3.13. The molecule has 0 amide bonds. The number of hydrogen-bond acceptors (Lipinski definition) is 2. The van der Waals surface area contributed by atoms with E-state index in [9.17, 15) is 18.9 Å². The predicted octanol–water partition coefficient (Wildman–Crippen LogP) is 2.18. The maximum Gasteiger partial charge on any atom is 0.310 e. The van der Waals surface area contributed by atoms with Gasteiger partial charge in [-0.2, -0.15) is 4.39 Å². The van der Waals surface area contributed by atoms with Gasteiger partial charge in [-0.1, -0.05) is 0 Å². The fourth-order valence-corrected chi connectivity index (χ4v) is 0.861. The minimum Gasteiger partial charge on any atom is -0.258 e. The molecule has 0 atom stereocenters. The van der Waals surface area contributed by atoms with Gasteiger partial charge in [0.1, 0.15) is 0 Å². The molecule has 64 valence electrons. The highest BCUT2D eigenvalue weighted by molar-refractivity contribution is 5.40. The van der Waals surface area contributed by atoms with Crippen LogP contribution in [0, 0.1) is 28.7 Å². The zero-order chi connectivity index (χ0) is 9.30. The Morgan fingerprint density at radius 1 is 1.42 bits per heavy atom. The minimum absolute atomic E-state index is 0.110. The molecule has 0 aliphatic heterocycles. The van der Waals surface area contributed by atoms with E-state index in [0.29, 0.717) is 0 Å². The van der Waals surface area contributed by atoms with Crippen LogP contribution in [0.2, 0.25) is 0 Å². The van der Waals surface area contributed by atoms with Crippen LogP contribution >= 0.6 is 0 Å². The minimum atomic E-state index is -1.40. The largest absolute Gasteiger partial charge is 0.310 e. The van der Waals surface area contributed by atoms with Crippen molar-refractivity contribution in [3.8, 4) is 0 Å². The number of benzene rings is 1. The second kappa shape index (κ2) is 2.84. The molecule has 0 bridgehead atoms. The Hall–Kier alpha value is -1.52. The molecule has 0 saturated carbocycles. The summed E-state index contributed by atoms with van der Waals surface area (Å²) in [6, 6.07) is 2.02. The van der Waals surface area contributed by atoms with Gasteiger partial charge in [0.15, 0.2) is 5.82 Å². The second-order valence-electron chi connectivity index (χ2n) is 2.28. The maximum atomic E-state index is 12.7. The molecule has 0 aromatic heterocycles. The summed E-state index contributed by atoms with van der Waals surface area (Å²) in [6.07, 6.45) is 0. The van der Waals surface area contributed by atoms with Gasteiger partial charge in [0.25, 0.3) is 0 Å². The van der Waals surface area contributed by atoms with E-state index in [1.807, 2.05) is 0 Å². The Morgan fingerprint density at radius 3 is 2.42 bits per heavy atom. The number of rotatable bonds is 1. The van der Waals surface area contributed by atoms with Gasteiger partial charge in [0, 0.05) is 5.56 Å². The lowest BCUT2D eigenvalue weighted by molar-refractivity contribution is -0.388. The van der Waals surface area contributed by atoms with E-state index in [4.69, 9.17) is 0 Å². The van der Waals surface area contributed by atoms with Crippen LogP contribution in [0.1, 0.15) is 5.56 Å². The van der Waals surface area contributed by atoms with Crippen molar-refractivity contribution < 1.29 is 13.7 Å². The highest BCUT2D eigenvalue weighted by atomic mass is 19.2. The van der Waals surface area contributed by atoms with Gasteiger partial charge in [-0.3, -0.25) is 10.1 Å². The molecule has 1 rings (SSSR count). The van der Waals surface area contributed by atoms with Crippen LogP contribution in [0.4, 0.5) is 14.5 Å². The van der Waals surface area contributed by atoms with Gasteiger partial charge >= 0.3 is 5.69 Å². The van der Waals surface area contributed by atoms with Crippen molar-refractivity contribution in [2.24, 2.45) is 0 Å². The van der Waals surface area contributed by atoms with Crippen LogP contribution in [0.3, 0.4) is 0 Å². The predicted molar refractivity (Wildman–Crippen MR) is 37.7 cm³/mol. The van der Waals surface area contributed by atoms with Gasteiger partial charge in [0.05, 0.1) is 4.92 Å². The van der Waals surface area contributed by atoms with Crippen LogP contribution in [-0.2, 0) is 0 Å². The molecule has 0 saturated heterocycles. The molecule has 0 aliphatic carbocycles. The van der Waals surface area contributed by atoms with Crippen LogP contribution < -0.4 is 0 Å². The normalized spacial score (nSPS) is 9.92. The third-order valence-electron chi connectivity index (χ3n) is 1.45. The summed E-state index contributed by atoms with van der Waals surface area (Å²) >= 11 is 0. The first-order valence-electron chi connectivity index (χ1n) is 3.13. The molecule has 1 aromatic rings. The standard InChI is InChI=1S/C7H5F2NO2/c1-4-2-3-5(8)6(9)7(4)10(11)12/h2-3H,1H3. The van der Waals surface area contributed by atoms with Crippen molar-refractivity contribution in [1.82, 2.24) is 0 Å². The molecular weight excluding hydrogens is 168 g/mol. The molecule has 0 fully saturated rings. The zero-order valence-corrected chi connectivity index (χ0v) is 6.17. The summed E-state index contributed by atoms with van der Waals surface area (Å²) in [4.78, 5) is 9.26. The molecule has 0 unspecified atom stereocenters. The molecule has 3 nitrogen and oxygen atoms in total. The van der Waals surface area contributed by atoms with Gasteiger partial charge in [-0.25, -0.2) is 4.39 Å². The number of nitro groups is 1. The molecule has 0 spiro atoms. The summed E-state index contributed by atoms with van der Waals surface area (Å²) in [5, 5.41) is 10.2. The van der Waals surface area contributed by atoms with E-state index in [0.717, 1.165) is 12.1 Å². The lowest BCUT2D eigenvalue weighted by atomic mass is 10.2. The van der Waals surface area contributed by atoms with E-state index >= 15 is 0 Å². The Bertz CT molecular complexity index is 338. The molecule has 1 aromatic carbocycles. The maximum absolute atomic E-state index is 12.7. The fraction of sp³-hybridized carbons (Fsp3) is 0.143. The molecule has 0 radical (unpaired) electrons. The number of nitrogens with zero attached hydrogens (tertiary/aromatic N) is 1. The van der Waals surface area contributed by atoms with E-state index in [1.165, 1.54) is 6.92 Å². The van der Waals surface area contributed by atoms with Crippen LogP contribution in [-0.4, -0.2) is 4.92 Å². The molecule has 0 aliphatic rings. The topological polar surface area (TPSA) is 43.1 Å². The number of hydrogen-bond donors (Lipinski definition) is 0. The Morgan fingerprint density at radius 2 is 2.00 bits per heavy atom. The van der Waals surface area contributed by atoms with E-state index in [-0.39, 0.29) is 5.56 Å². The monoisotopic (exact) mass is 173 g/mol. The number of halogens is 2. The lowest BCUT2D eigenvalue weighted by Gasteiger charge is -1.97. The molecule has 5 heteroatoms.